The van der Waals surface area contributed by atoms with Crippen molar-refractivity contribution in [1.82, 2.24) is 5.43 Å². The van der Waals surface area contributed by atoms with Crippen molar-refractivity contribution in [1.29, 1.82) is 0 Å². The summed E-state index contributed by atoms with van der Waals surface area (Å²) in [4.78, 5) is 11.3. The first kappa shape index (κ1) is 12.8. The summed E-state index contributed by atoms with van der Waals surface area (Å²) in [5, 5.41) is 14.9. The van der Waals surface area contributed by atoms with E-state index in [2.05, 4.69) is 22.7 Å². The van der Waals surface area contributed by atoms with Gasteiger partial charge in [-0.2, -0.15) is 5.10 Å². The maximum Gasteiger partial charge on any atom is 0.270 e. The van der Waals surface area contributed by atoms with Gasteiger partial charge >= 0.3 is 0 Å². The van der Waals surface area contributed by atoms with E-state index in [1.54, 1.807) is 17.8 Å². The molecule has 6 nitrogen and oxygen atoms in total. The second-order valence-corrected chi connectivity index (χ2v) is 5.15. The number of nitrogens with two attached hydrogens (primary N) is 1. The molecule has 0 amide bonds. The van der Waals surface area contributed by atoms with E-state index in [1.165, 1.54) is 12.1 Å². The molecule has 1 aromatic rings. The molecule has 0 unspecified atom stereocenters. The maximum atomic E-state index is 10.8. The van der Waals surface area contributed by atoms with Gasteiger partial charge in [0.15, 0.2) is 5.11 Å². The number of hydrogen-bond acceptors (Lipinski definition) is 5. The SMILES string of the molecule is NC(=S)N/N=C1\CCSc2ccc([N+](=O)[O-])cc21. The number of hydrogen-bond donors (Lipinski definition) is 2. The largest absolute Gasteiger partial charge is 0.375 e. The van der Waals surface area contributed by atoms with Crippen LogP contribution in [0.4, 0.5) is 5.69 Å². The Morgan fingerprint density at radius 3 is 3.06 bits per heavy atom. The van der Waals surface area contributed by atoms with Crippen LogP contribution in [0.5, 0.6) is 0 Å². The third-order valence-corrected chi connectivity index (χ3v) is 3.55. The van der Waals surface area contributed by atoms with Gasteiger partial charge in [0, 0.05) is 34.8 Å². The minimum atomic E-state index is -0.418. The summed E-state index contributed by atoms with van der Waals surface area (Å²) in [5.41, 5.74) is 9.39. The van der Waals surface area contributed by atoms with Crippen molar-refractivity contribution in [3.8, 4) is 0 Å². The van der Waals surface area contributed by atoms with Crippen LogP contribution in [0.15, 0.2) is 28.2 Å². The molecule has 0 bridgehead atoms. The minimum absolute atomic E-state index is 0.0549. The monoisotopic (exact) mass is 282 g/mol. The van der Waals surface area contributed by atoms with Gasteiger partial charge in [-0.1, -0.05) is 0 Å². The van der Waals surface area contributed by atoms with Crippen LogP contribution in [-0.2, 0) is 0 Å². The number of rotatable bonds is 2. The van der Waals surface area contributed by atoms with Crippen LogP contribution in [0.2, 0.25) is 0 Å². The predicted molar refractivity (Wildman–Crippen MR) is 74.9 cm³/mol. The van der Waals surface area contributed by atoms with Crippen molar-refractivity contribution in [2.75, 3.05) is 5.75 Å². The lowest BCUT2D eigenvalue weighted by atomic mass is 10.1. The smallest absolute Gasteiger partial charge is 0.270 e. The highest BCUT2D eigenvalue weighted by Gasteiger charge is 2.19. The lowest BCUT2D eigenvalue weighted by Gasteiger charge is -2.16. The van der Waals surface area contributed by atoms with E-state index >= 15 is 0 Å². The highest BCUT2D eigenvalue weighted by atomic mass is 32.2. The molecule has 3 N–H and O–H groups in total. The summed E-state index contributed by atoms with van der Waals surface area (Å²) in [6.07, 6.45) is 0.717. The average Bonchev–Trinajstić information content (AvgIpc) is 2.35. The van der Waals surface area contributed by atoms with E-state index in [0.717, 1.165) is 21.9 Å². The van der Waals surface area contributed by atoms with E-state index in [0.29, 0.717) is 6.42 Å². The summed E-state index contributed by atoms with van der Waals surface area (Å²) in [6.45, 7) is 0. The summed E-state index contributed by atoms with van der Waals surface area (Å²) in [7, 11) is 0. The van der Waals surface area contributed by atoms with E-state index in [-0.39, 0.29) is 10.8 Å². The number of nitrogens with zero attached hydrogens (tertiary/aromatic N) is 2. The molecular weight excluding hydrogens is 272 g/mol. The van der Waals surface area contributed by atoms with Crippen LogP contribution in [0, 0.1) is 10.1 Å². The van der Waals surface area contributed by atoms with Crippen molar-refractivity contribution >= 4 is 40.5 Å². The third kappa shape index (κ3) is 2.77. The zero-order chi connectivity index (χ0) is 13.1. The van der Waals surface area contributed by atoms with Gasteiger partial charge in [0.1, 0.15) is 0 Å². The van der Waals surface area contributed by atoms with Gasteiger partial charge in [0.2, 0.25) is 0 Å². The first-order valence-corrected chi connectivity index (χ1v) is 6.51. The zero-order valence-electron chi connectivity index (χ0n) is 9.25. The van der Waals surface area contributed by atoms with Crippen LogP contribution in [-0.4, -0.2) is 21.5 Å². The molecule has 0 aromatic heterocycles. The Bertz CT molecular complexity index is 545. The number of hydrazone groups is 1. The number of nitro groups is 1. The number of benzene rings is 1. The normalized spacial score (nSPS) is 16.1. The summed E-state index contributed by atoms with van der Waals surface area (Å²) < 4.78 is 0. The molecule has 1 heterocycles. The number of thiocarbonyl (C=S) groups is 1. The number of nitrogens with one attached hydrogen (secondary N) is 1. The molecule has 2 rings (SSSR count). The lowest BCUT2D eigenvalue weighted by Crippen LogP contribution is -2.26. The Hall–Kier alpha value is -1.67. The highest BCUT2D eigenvalue weighted by Crippen LogP contribution is 2.32. The van der Waals surface area contributed by atoms with E-state index < -0.39 is 4.92 Å². The summed E-state index contributed by atoms with van der Waals surface area (Å²) >= 11 is 6.33. The number of non-ortho nitro benzene ring substituents is 1. The fourth-order valence-electron chi connectivity index (χ4n) is 1.61. The van der Waals surface area contributed by atoms with Crippen LogP contribution >= 0.6 is 24.0 Å². The van der Waals surface area contributed by atoms with Gasteiger partial charge in [-0.3, -0.25) is 15.5 Å². The lowest BCUT2D eigenvalue weighted by molar-refractivity contribution is -0.384. The Morgan fingerprint density at radius 2 is 2.39 bits per heavy atom. The zero-order valence-corrected chi connectivity index (χ0v) is 10.9. The average molecular weight is 282 g/mol. The van der Waals surface area contributed by atoms with Crippen LogP contribution in [0.25, 0.3) is 0 Å². The van der Waals surface area contributed by atoms with Crippen molar-refractivity contribution < 1.29 is 4.92 Å². The second-order valence-electron chi connectivity index (χ2n) is 3.57. The molecule has 1 aliphatic rings. The third-order valence-electron chi connectivity index (χ3n) is 2.38. The van der Waals surface area contributed by atoms with E-state index in [4.69, 9.17) is 5.73 Å². The fourth-order valence-corrected chi connectivity index (χ4v) is 2.67. The maximum absolute atomic E-state index is 10.8. The molecule has 0 aliphatic carbocycles. The molecule has 18 heavy (non-hydrogen) atoms. The number of thioether (sulfide) groups is 1. The van der Waals surface area contributed by atoms with E-state index in [9.17, 15) is 10.1 Å². The molecule has 94 valence electrons. The summed E-state index contributed by atoms with van der Waals surface area (Å²) in [6, 6.07) is 4.77. The first-order valence-electron chi connectivity index (χ1n) is 5.11. The topological polar surface area (TPSA) is 93.5 Å². The van der Waals surface area contributed by atoms with Crippen LogP contribution < -0.4 is 11.2 Å². The number of nitro benzene ring substituents is 1. The Morgan fingerprint density at radius 1 is 1.61 bits per heavy atom. The van der Waals surface area contributed by atoms with Gasteiger partial charge in [-0.05, 0) is 18.3 Å². The van der Waals surface area contributed by atoms with Gasteiger partial charge in [0.05, 0.1) is 10.6 Å². The Kier molecular flexibility index (Phi) is 3.78. The van der Waals surface area contributed by atoms with Crippen molar-refractivity contribution in [2.24, 2.45) is 10.8 Å². The van der Waals surface area contributed by atoms with Gasteiger partial charge in [-0.25, -0.2) is 0 Å². The Balaban J connectivity index is 2.40. The predicted octanol–water partition coefficient (Wildman–Crippen LogP) is 1.63. The molecule has 0 atom stereocenters. The molecule has 8 heteroatoms. The minimum Gasteiger partial charge on any atom is -0.375 e. The Labute approximate surface area is 113 Å². The van der Waals surface area contributed by atoms with E-state index in [1.807, 2.05) is 0 Å². The molecule has 1 aromatic carbocycles. The molecule has 0 saturated heterocycles. The molecule has 0 saturated carbocycles. The summed E-state index contributed by atoms with van der Waals surface area (Å²) in [5.74, 6) is 0.878. The van der Waals surface area contributed by atoms with Gasteiger partial charge < -0.3 is 5.73 Å². The highest BCUT2D eigenvalue weighted by molar-refractivity contribution is 7.99. The number of fused-ring (bicyclic) bond motifs is 1. The first-order chi connectivity index (χ1) is 8.58. The molecule has 0 radical (unpaired) electrons. The molecule has 0 spiro atoms. The van der Waals surface area contributed by atoms with Gasteiger partial charge in [0.25, 0.3) is 5.69 Å². The van der Waals surface area contributed by atoms with Gasteiger partial charge in [-0.15, -0.1) is 11.8 Å². The van der Waals surface area contributed by atoms with Crippen LogP contribution in [0.1, 0.15) is 12.0 Å². The molecule has 0 fully saturated rings. The van der Waals surface area contributed by atoms with Crippen LogP contribution in [0.3, 0.4) is 0 Å². The molecular formula is C10H10N4O2S2. The quantitative estimate of drug-likeness (QED) is 0.486. The standard InChI is InChI=1S/C10H10N4O2S2/c11-10(17)13-12-8-3-4-18-9-2-1-6(14(15)16)5-7(8)9/h1-2,5H,3-4H2,(H3,11,13,17)/b12-8+. The van der Waals surface area contributed by atoms with Crippen molar-refractivity contribution in [2.45, 2.75) is 11.3 Å². The second kappa shape index (κ2) is 5.32. The van der Waals surface area contributed by atoms with Crippen molar-refractivity contribution in [3.63, 3.8) is 0 Å². The fraction of sp³-hybridized carbons (Fsp3) is 0.200. The molecule has 1 aliphatic heterocycles. The van der Waals surface area contributed by atoms with Crippen molar-refractivity contribution in [3.05, 3.63) is 33.9 Å².